The summed E-state index contributed by atoms with van der Waals surface area (Å²) in [6, 6.07) is 14.7. The van der Waals surface area contributed by atoms with Gasteiger partial charge in [-0.05, 0) is 104 Å². The average molecular weight is 467 g/mol. The third-order valence-electron chi connectivity index (χ3n) is 6.80. The maximum atomic E-state index is 13.8. The topological polar surface area (TPSA) is 24.9 Å². The highest BCUT2D eigenvalue weighted by Gasteiger charge is 2.18. The molecule has 0 radical (unpaired) electrons. The van der Waals surface area contributed by atoms with E-state index in [1.165, 1.54) is 44.1 Å². The summed E-state index contributed by atoms with van der Waals surface area (Å²) >= 11 is 0. The Morgan fingerprint density at radius 3 is 2.32 bits per heavy atom. The van der Waals surface area contributed by atoms with Crippen LogP contribution in [0.1, 0.15) is 31.2 Å². The molecule has 6 heteroatoms. The minimum atomic E-state index is -0.300. The molecule has 0 aliphatic carbocycles. The van der Waals surface area contributed by atoms with E-state index < -0.39 is 0 Å². The van der Waals surface area contributed by atoms with Crippen LogP contribution in [0.5, 0.6) is 11.5 Å². The predicted octanol–water partition coefficient (Wildman–Crippen LogP) is 5.81. The van der Waals surface area contributed by atoms with Crippen LogP contribution >= 0.6 is 0 Å². The summed E-state index contributed by atoms with van der Waals surface area (Å²) < 4.78 is 37.5. The van der Waals surface area contributed by atoms with Crippen molar-refractivity contribution in [1.29, 1.82) is 0 Å². The van der Waals surface area contributed by atoms with E-state index >= 15 is 0 Å². The highest BCUT2D eigenvalue weighted by molar-refractivity contribution is 5.86. The van der Waals surface area contributed by atoms with Crippen LogP contribution in [0.2, 0.25) is 0 Å². The molecule has 2 fully saturated rings. The second-order valence-electron chi connectivity index (χ2n) is 9.27. The summed E-state index contributed by atoms with van der Waals surface area (Å²) in [4.78, 5) is 4.82. The molecule has 3 aromatic rings. The van der Waals surface area contributed by atoms with Gasteiger partial charge in [-0.15, -0.1) is 0 Å². The van der Waals surface area contributed by atoms with E-state index in [1.54, 1.807) is 12.1 Å². The van der Waals surface area contributed by atoms with Crippen LogP contribution in [-0.2, 0) is 6.42 Å². The molecule has 0 N–H and O–H groups in total. The highest BCUT2D eigenvalue weighted by atomic mass is 19.1. The van der Waals surface area contributed by atoms with E-state index in [1.807, 2.05) is 18.2 Å². The lowest BCUT2D eigenvalue weighted by Crippen LogP contribution is -2.37. The Kier molecular flexibility index (Phi) is 7.14. The number of anilines is 1. The lowest BCUT2D eigenvalue weighted by atomic mass is 10.1. The Hall–Kier alpha value is -2.86. The largest absolute Gasteiger partial charge is 0.486 e. The molecule has 2 saturated heterocycles. The normalized spacial score (nSPS) is 17.3. The molecule has 0 saturated carbocycles. The first-order valence-corrected chi connectivity index (χ1v) is 12.4. The van der Waals surface area contributed by atoms with E-state index in [-0.39, 0.29) is 17.4 Å². The standard InChI is InChI=1S/C14H18FNO2.C14H14FN/c15-12-9-11(3-1-4-16-5-2-6-16)10-13-14(12)18-8-7-17-13;15-13-5-3-12-10-14(6-4-11(12)9-13)16-7-1-2-8-16/h9-10H,1-8H2;3-6,9-10H,1-2,7-8H2. The molecule has 3 heterocycles. The fourth-order valence-corrected chi connectivity index (χ4v) is 4.80. The molecule has 3 aromatic carbocycles. The van der Waals surface area contributed by atoms with Crippen molar-refractivity contribution in [2.75, 3.05) is 50.8 Å². The van der Waals surface area contributed by atoms with Gasteiger partial charge in [0.1, 0.15) is 19.0 Å². The van der Waals surface area contributed by atoms with Crippen LogP contribution in [0.3, 0.4) is 0 Å². The van der Waals surface area contributed by atoms with E-state index in [0.29, 0.717) is 19.0 Å². The predicted molar refractivity (Wildman–Crippen MR) is 132 cm³/mol. The molecule has 0 amide bonds. The molecular formula is C28H32F2N2O2. The molecule has 0 atom stereocenters. The molecular weight excluding hydrogens is 434 g/mol. The zero-order valence-electron chi connectivity index (χ0n) is 19.6. The van der Waals surface area contributed by atoms with Gasteiger partial charge in [-0.1, -0.05) is 12.1 Å². The molecule has 4 nitrogen and oxygen atoms in total. The molecule has 0 aromatic heterocycles. The van der Waals surface area contributed by atoms with Crippen LogP contribution in [0.4, 0.5) is 14.5 Å². The molecule has 34 heavy (non-hydrogen) atoms. The van der Waals surface area contributed by atoms with Crippen molar-refractivity contribution in [2.45, 2.75) is 32.1 Å². The number of fused-ring (bicyclic) bond motifs is 2. The van der Waals surface area contributed by atoms with Crippen LogP contribution in [0.15, 0.2) is 48.5 Å². The van der Waals surface area contributed by atoms with Gasteiger partial charge in [0.05, 0.1) is 0 Å². The van der Waals surface area contributed by atoms with Gasteiger partial charge in [0.25, 0.3) is 0 Å². The van der Waals surface area contributed by atoms with E-state index in [4.69, 9.17) is 9.47 Å². The second-order valence-corrected chi connectivity index (χ2v) is 9.27. The van der Waals surface area contributed by atoms with Crippen molar-refractivity contribution >= 4 is 16.5 Å². The SMILES string of the molecule is Fc1cc(CCCN2CCC2)cc2c1OCCO2.Fc1ccc2cc(N3CCCC3)ccc2c1. The Morgan fingerprint density at radius 1 is 0.765 bits per heavy atom. The summed E-state index contributed by atoms with van der Waals surface area (Å²) in [6.07, 6.45) is 5.84. The van der Waals surface area contributed by atoms with Gasteiger partial charge in [-0.3, -0.25) is 0 Å². The molecule has 180 valence electrons. The minimum Gasteiger partial charge on any atom is -0.486 e. The minimum absolute atomic E-state index is 0.165. The summed E-state index contributed by atoms with van der Waals surface area (Å²) in [7, 11) is 0. The van der Waals surface area contributed by atoms with Crippen molar-refractivity contribution in [3.63, 3.8) is 0 Å². The molecule has 3 aliphatic rings. The molecule has 0 unspecified atom stereocenters. The number of hydrogen-bond acceptors (Lipinski definition) is 4. The lowest BCUT2D eigenvalue weighted by molar-refractivity contribution is 0.164. The smallest absolute Gasteiger partial charge is 0.197 e. The molecule has 6 rings (SSSR count). The van der Waals surface area contributed by atoms with Crippen molar-refractivity contribution in [3.05, 3.63) is 65.7 Å². The first-order chi connectivity index (χ1) is 16.7. The quantitative estimate of drug-likeness (QED) is 0.474. The van der Waals surface area contributed by atoms with Gasteiger partial charge in [0.2, 0.25) is 0 Å². The van der Waals surface area contributed by atoms with Crippen molar-refractivity contribution in [3.8, 4) is 11.5 Å². The van der Waals surface area contributed by atoms with Crippen molar-refractivity contribution in [2.24, 2.45) is 0 Å². The third-order valence-corrected chi connectivity index (χ3v) is 6.80. The number of rotatable bonds is 5. The van der Waals surface area contributed by atoms with Gasteiger partial charge in [-0.25, -0.2) is 8.78 Å². The van der Waals surface area contributed by atoms with Crippen molar-refractivity contribution in [1.82, 2.24) is 4.90 Å². The zero-order chi connectivity index (χ0) is 23.3. The first-order valence-electron chi connectivity index (χ1n) is 12.4. The Bertz CT molecular complexity index is 1130. The van der Waals surface area contributed by atoms with Crippen LogP contribution < -0.4 is 14.4 Å². The number of nitrogens with zero attached hydrogens (tertiary/aromatic N) is 2. The highest BCUT2D eigenvalue weighted by Crippen LogP contribution is 2.34. The number of aryl methyl sites for hydroxylation is 1. The maximum absolute atomic E-state index is 13.8. The van der Waals surface area contributed by atoms with Crippen LogP contribution in [-0.4, -0.2) is 50.8 Å². The van der Waals surface area contributed by atoms with E-state index in [9.17, 15) is 8.78 Å². The van der Waals surface area contributed by atoms with Crippen LogP contribution in [0.25, 0.3) is 10.8 Å². The third kappa shape index (κ3) is 5.44. The number of halogens is 2. The lowest BCUT2D eigenvalue weighted by Gasteiger charge is -2.30. The molecule has 0 spiro atoms. The average Bonchev–Trinajstić information content (AvgIpc) is 3.36. The van der Waals surface area contributed by atoms with E-state index in [0.717, 1.165) is 48.8 Å². The zero-order valence-corrected chi connectivity index (χ0v) is 19.6. The number of ether oxygens (including phenoxy) is 2. The van der Waals surface area contributed by atoms with Gasteiger partial charge in [0.15, 0.2) is 17.3 Å². The first kappa shape index (κ1) is 22.9. The summed E-state index contributed by atoms with van der Waals surface area (Å²) in [5.74, 6) is 0.362. The number of likely N-dealkylation sites (tertiary alicyclic amines) is 1. The Labute approximate surface area is 200 Å². The van der Waals surface area contributed by atoms with Gasteiger partial charge < -0.3 is 19.3 Å². The fraction of sp³-hybridized carbons (Fsp3) is 0.429. The fourth-order valence-electron chi connectivity index (χ4n) is 4.80. The number of benzene rings is 3. The Balaban J connectivity index is 0.000000142. The van der Waals surface area contributed by atoms with Gasteiger partial charge in [-0.2, -0.15) is 0 Å². The summed E-state index contributed by atoms with van der Waals surface area (Å²) in [5.41, 5.74) is 2.26. The van der Waals surface area contributed by atoms with Gasteiger partial charge in [0, 0.05) is 18.8 Å². The summed E-state index contributed by atoms with van der Waals surface area (Å²) in [6.45, 7) is 6.77. The number of hydrogen-bond donors (Lipinski definition) is 0. The summed E-state index contributed by atoms with van der Waals surface area (Å²) in [5, 5.41) is 2.09. The maximum Gasteiger partial charge on any atom is 0.197 e. The monoisotopic (exact) mass is 466 g/mol. The van der Waals surface area contributed by atoms with Gasteiger partial charge >= 0.3 is 0 Å². The van der Waals surface area contributed by atoms with Crippen molar-refractivity contribution < 1.29 is 18.3 Å². The van der Waals surface area contributed by atoms with E-state index in [2.05, 4.69) is 21.9 Å². The second kappa shape index (κ2) is 10.6. The molecule has 0 bridgehead atoms. The molecule has 3 aliphatic heterocycles. The Morgan fingerprint density at radius 2 is 1.53 bits per heavy atom. The van der Waals surface area contributed by atoms with Crippen LogP contribution in [0, 0.1) is 11.6 Å².